The van der Waals surface area contributed by atoms with Crippen LogP contribution in [0.25, 0.3) is 11.0 Å². The first-order chi connectivity index (χ1) is 16.8. The second-order valence-electron chi connectivity index (χ2n) is 7.51. The fraction of sp³-hybridized carbons (Fsp3) is 0.167. The summed E-state index contributed by atoms with van der Waals surface area (Å²) >= 11 is 0. The molecule has 180 valence electrons. The number of carbonyl (C=O) groups is 1. The Hall–Kier alpha value is -4.25. The molecule has 10 nitrogen and oxygen atoms in total. The van der Waals surface area contributed by atoms with Crippen molar-refractivity contribution in [2.75, 3.05) is 10.9 Å². The molecule has 0 saturated heterocycles. The minimum atomic E-state index is -4.13. The first-order valence-electron chi connectivity index (χ1n) is 10.6. The standard InChI is InChI=1S/C24H21N3O7S/c1-2-33-24(28)13-17-16-34-23-14-20(8-11-22(17)23)26(15-18-5-3-4-12-25-18)35(31,32)21-9-6-19(7-10-21)27(29)30/h3-12,14,16H,2,13,15H2,1H3. The van der Waals surface area contributed by atoms with E-state index < -0.39 is 20.9 Å². The van der Waals surface area contributed by atoms with Gasteiger partial charge < -0.3 is 9.15 Å². The summed E-state index contributed by atoms with van der Waals surface area (Å²) < 4.78 is 39.0. The van der Waals surface area contributed by atoms with E-state index in [9.17, 15) is 23.3 Å². The molecular weight excluding hydrogens is 474 g/mol. The van der Waals surface area contributed by atoms with Crippen LogP contribution < -0.4 is 4.31 Å². The minimum Gasteiger partial charge on any atom is -0.466 e. The number of furan rings is 1. The molecule has 2 aromatic carbocycles. The number of rotatable bonds is 9. The van der Waals surface area contributed by atoms with E-state index in [4.69, 9.17) is 9.15 Å². The largest absolute Gasteiger partial charge is 0.466 e. The van der Waals surface area contributed by atoms with Crippen molar-refractivity contribution in [3.63, 3.8) is 0 Å². The highest BCUT2D eigenvalue weighted by Crippen LogP contribution is 2.31. The number of carbonyl (C=O) groups excluding carboxylic acids is 1. The molecule has 0 bridgehead atoms. The van der Waals surface area contributed by atoms with Crippen molar-refractivity contribution in [2.24, 2.45) is 0 Å². The van der Waals surface area contributed by atoms with Crippen LogP contribution in [-0.4, -0.2) is 30.9 Å². The zero-order valence-corrected chi connectivity index (χ0v) is 19.5. The second-order valence-corrected chi connectivity index (χ2v) is 9.37. The van der Waals surface area contributed by atoms with Gasteiger partial charge in [-0.05, 0) is 43.3 Å². The van der Waals surface area contributed by atoms with Crippen LogP contribution in [0, 0.1) is 10.1 Å². The van der Waals surface area contributed by atoms with Crippen LogP contribution in [0.1, 0.15) is 18.2 Å². The molecule has 2 aromatic heterocycles. The van der Waals surface area contributed by atoms with Gasteiger partial charge in [-0.25, -0.2) is 8.42 Å². The Morgan fingerprint density at radius 1 is 1.14 bits per heavy atom. The van der Waals surface area contributed by atoms with Gasteiger partial charge in [0.1, 0.15) is 5.58 Å². The quantitative estimate of drug-likeness (QED) is 0.191. The van der Waals surface area contributed by atoms with E-state index in [1.807, 2.05) is 0 Å². The number of aromatic nitrogens is 1. The van der Waals surface area contributed by atoms with Gasteiger partial charge in [-0.1, -0.05) is 6.07 Å². The van der Waals surface area contributed by atoms with Crippen molar-refractivity contribution in [2.45, 2.75) is 24.8 Å². The molecule has 0 N–H and O–H groups in total. The van der Waals surface area contributed by atoms with Gasteiger partial charge in [0, 0.05) is 35.3 Å². The fourth-order valence-electron chi connectivity index (χ4n) is 3.55. The number of pyridine rings is 1. The third kappa shape index (κ3) is 5.14. The van der Waals surface area contributed by atoms with Gasteiger partial charge in [-0.3, -0.25) is 24.2 Å². The Bertz CT molecular complexity index is 1470. The predicted octanol–water partition coefficient (Wildman–Crippen LogP) is 4.24. The molecule has 0 aliphatic carbocycles. The molecule has 11 heteroatoms. The Morgan fingerprint density at radius 2 is 1.91 bits per heavy atom. The summed E-state index contributed by atoms with van der Waals surface area (Å²) in [6, 6.07) is 14.7. The molecule has 4 aromatic rings. The van der Waals surface area contributed by atoms with Gasteiger partial charge >= 0.3 is 5.97 Å². The summed E-state index contributed by atoms with van der Waals surface area (Å²) in [4.78, 5) is 26.4. The molecule has 35 heavy (non-hydrogen) atoms. The molecule has 4 rings (SSSR count). The SMILES string of the molecule is CCOC(=O)Cc1coc2cc(N(Cc3ccccn3)S(=O)(=O)c3ccc([N+](=O)[O-])cc3)ccc12. The summed E-state index contributed by atoms with van der Waals surface area (Å²) in [5.74, 6) is -0.392. The number of hydrogen-bond acceptors (Lipinski definition) is 8. The number of ether oxygens (including phenoxy) is 1. The lowest BCUT2D eigenvalue weighted by molar-refractivity contribution is -0.384. The summed E-state index contributed by atoms with van der Waals surface area (Å²) in [5.41, 5.74) is 1.61. The highest BCUT2D eigenvalue weighted by Gasteiger charge is 2.27. The van der Waals surface area contributed by atoms with E-state index in [2.05, 4.69) is 4.98 Å². The van der Waals surface area contributed by atoms with Gasteiger partial charge in [0.05, 0.1) is 47.0 Å². The Balaban J connectivity index is 1.75. The van der Waals surface area contributed by atoms with Crippen molar-refractivity contribution < 1.29 is 27.3 Å². The van der Waals surface area contributed by atoms with Gasteiger partial charge in [-0.2, -0.15) is 0 Å². The molecule has 0 aliphatic rings. The Labute approximate surface area is 201 Å². The topological polar surface area (TPSA) is 133 Å². The summed E-state index contributed by atoms with van der Waals surface area (Å²) in [6.45, 7) is 1.91. The number of non-ortho nitro benzene ring substituents is 1. The average molecular weight is 496 g/mol. The number of nitro groups is 1. The van der Waals surface area contributed by atoms with Gasteiger partial charge in [0.25, 0.3) is 15.7 Å². The molecule has 0 radical (unpaired) electrons. The minimum absolute atomic E-state index is 0.0267. The highest BCUT2D eigenvalue weighted by atomic mass is 32.2. The maximum Gasteiger partial charge on any atom is 0.310 e. The van der Waals surface area contributed by atoms with Crippen LogP contribution >= 0.6 is 0 Å². The molecule has 0 amide bonds. The summed E-state index contributed by atoms with van der Waals surface area (Å²) in [6.07, 6.45) is 3.03. The first-order valence-corrected chi connectivity index (χ1v) is 12.1. The van der Waals surface area contributed by atoms with Gasteiger partial charge in [-0.15, -0.1) is 0 Å². The van der Waals surface area contributed by atoms with Gasteiger partial charge in [0.2, 0.25) is 0 Å². The van der Waals surface area contributed by atoms with Crippen molar-refractivity contribution in [1.29, 1.82) is 0 Å². The van der Waals surface area contributed by atoms with E-state index in [1.165, 1.54) is 18.4 Å². The van der Waals surface area contributed by atoms with E-state index in [1.54, 1.807) is 49.5 Å². The van der Waals surface area contributed by atoms with Crippen molar-refractivity contribution in [1.82, 2.24) is 4.98 Å². The number of nitro benzene ring substituents is 1. The molecule has 0 atom stereocenters. The zero-order chi connectivity index (χ0) is 25.0. The molecule has 0 unspecified atom stereocenters. The molecule has 0 aliphatic heterocycles. The van der Waals surface area contributed by atoms with Crippen LogP contribution in [0.2, 0.25) is 0 Å². The number of esters is 1. The molecular formula is C24H21N3O7S. The molecule has 0 saturated carbocycles. The van der Waals surface area contributed by atoms with E-state index >= 15 is 0 Å². The predicted molar refractivity (Wildman–Crippen MR) is 127 cm³/mol. The number of sulfonamides is 1. The number of anilines is 1. The molecule has 0 fully saturated rings. The monoisotopic (exact) mass is 495 g/mol. The Kier molecular flexibility index (Phi) is 6.78. The maximum absolute atomic E-state index is 13.6. The van der Waals surface area contributed by atoms with E-state index in [0.717, 1.165) is 16.4 Å². The lowest BCUT2D eigenvalue weighted by Crippen LogP contribution is -2.31. The van der Waals surface area contributed by atoms with Crippen molar-refractivity contribution >= 4 is 38.3 Å². The number of hydrogen-bond donors (Lipinski definition) is 0. The van der Waals surface area contributed by atoms with Crippen LogP contribution in [0.4, 0.5) is 11.4 Å². The smallest absolute Gasteiger partial charge is 0.310 e. The number of fused-ring (bicyclic) bond motifs is 1. The summed E-state index contributed by atoms with van der Waals surface area (Å²) in [5, 5.41) is 11.6. The zero-order valence-electron chi connectivity index (χ0n) is 18.7. The van der Waals surface area contributed by atoms with Crippen LogP contribution in [0.15, 0.2) is 82.4 Å². The Morgan fingerprint density at radius 3 is 2.57 bits per heavy atom. The normalized spacial score (nSPS) is 11.3. The molecule has 0 spiro atoms. The summed E-state index contributed by atoms with van der Waals surface area (Å²) in [7, 11) is -4.13. The highest BCUT2D eigenvalue weighted by molar-refractivity contribution is 7.92. The second kappa shape index (κ2) is 9.94. The third-order valence-electron chi connectivity index (χ3n) is 5.23. The van der Waals surface area contributed by atoms with Crippen molar-refractivity contribution in [3.8, 4) is 0 Å². The lowest BCUT2D eigenvalue weighted by Gasteiger charge is -2.24. The fourth-order valence-corrected chi connectivity index (χ4v) is 4.98. The first kappa shape index (κ1) is 23.9. The lowest BCUT2D eigenvalue weighted by atomic mass is 10.1. The van der Waals surface area contributed by atoms with E-state index in [-0.39, 0.29) is 30.2 Å². The average Bonchev–Trinajstić information content (AvgIpc) is 3.25. The maximum atomic E-state index is 13.6. The van der Waals surface area contributed by atoms with Crippen molar-refractivity contribution in [3.05, 3.63) is 94.5 Å². The van der Waals surface area contributed by atoms with E-state index in [0.29, 0.717) is 27.9 Å². The third-order valence-corrected chi connectivity index (χ3v) is 7.02. The van der Waals surface area contributed by atoms with Crippen LogP contribution in [-0.2, 0) is 32.5 Å². The number of nitrogens with zero attached hydrogens (tertiary/aromatic N) is 3. The van der Waals surface area contributed by atoms with Crippen LogP contribution in [0.3, 0.4) is 0 Å². The number of benzene rings is 2. The van der Waals surface area contributed by atoms with Crippen LogP contribution in [0.5, 0.6) is 0 Å². The van der Waals surface area contributed by atoms with Gasteiger partial charge in [0.15, 0.2) is 0 Å². The molecule has 2 heterocycles.